The molecule has 0 atom stereocenters. The van der Waals surface area contributed by atoms with Gasteiger partial charge >= 0.3 is 0 Å². The highest BCUT2D eigenvalue weighted by molar-refractivity contribution is 8.93. The average Bonchev–Trinajstić information content (AvgIpc) is 3.24. The number of halogens is 1. The number of nitrogens with zero attached hydrogens (tertiary/aromatic N) is 1. The second kappa shape index (κ2) is 17.3. The van der Waals surface area contributed by atoms with Crippen LogP contribution in [0.1, 0.15) is 126 Å². The van der Waals surface area contributed by atoms with E-state index >= 15 is 0 Å². The number of hydrogen-bond acceptors (Lipinski definition) is 4. The van der Waals surface area contributed by atoms with Crippen LogP contribution in [-0.2, 0) is 11.2 Å². The van der Waals surface area contributed by atoms with Gasteiger partial charge in [0.2, 0.25) is 5.91 Å². The van der Waals surface area contributed by atoms with E-state index in [0.717, 1.165) is 29.1 Å². The molecule has 1 aromatic carbocycles. The molecule has 2 aliphatic rings. The molecule has 0 aromatic heterocycles. The van der Waals surface area contributed by atoms with Crippen molar-refractivity contribution < 1.29 is 9.59 Å². The molecule has 0 aliphatic carbocycles. The van der Waals surface area contributed by atoms with Crippen molar-refractivity contribution in [3.8, 4) is 0 Å². The molecular weight excluding hydrogens is 532 g/mol. The number of aryl methyl sites for hydroxylation is 1. The minimum absolute atomic E-state index is 0. The van der Waals surface area contributed by atoms with Crippen LogP contribution in [0.2, 0.25) is 0 Å². The fraction of sp³-hybridized carbons (Fsp3) is 0.667. The largest absolute Gasteiger partial charge is 0.357 e. The molecule has 36 heavy (non-hydrogen) atoms. The van der Waals surface area contributed by atoms with Gasteiger partial charge in [0.1, 0.15) is 0 Å². The van der Waals surface area contributed by atoms with Crippen molar-refractivity contribution in [2.24, 2.45) is 0 Å². The quantitative estimate of drug-likeness (QED) is 0.148. The van der Waals surface area contributed by atoms with Gasteiger partial charge in [-0.05, 0) is 55.9 Å². The second-order valence-corrected chi connectivity index (χ2v) is 11.3. The first-order valence-electron chi connectivity index (χ1n) is 14.2. The number of rotatable bonds is 17. The molecule has 3 rings (SSSR count). The topological polar surface area (TPSA) is 49.4 Å². The lowest BCUT2D eigenvalue weighted by atomic mass is 9.98. The van der Waals surface area contributed by atoms with Crippen LogP contribution in [0.5, 0.6) is 0 Å². The van der Waals surface area contributed by atoms with Crippen molar-refractivity contribution in [1.82, 2.24) is 4.90 Å². The van der Waals surface area contributed by atoms with Crippen LogP contribution in [-0.4, -0.2) is 29.0 Å². The summed E-state index contributed by atoms with van der Waals surface area (Å²) in [6.07, 6.45) is 19.2. The fourth-order valence-electron chi connectivity index (χ4n) is 5.11. The summed E-state index contributed by atoms with van der Waals surface area (Å²) in [6, 6.07) is 5.77. The number of carbonyl (C=O) groups is 2. The predicted octanol–water partition coefficient (Wildman–Crippen LogP) is 9.05. The van der Waals surface area contributed by atoms with Crippen LogP contribution in [0, 0.1) is 0 Å². The Kier molecular flexibility index (Phi) is 14.9. The predicted molar refractivity (Wildman–Crippen MR) is 160 cm³/mol. The zero-order valence-corrected chi connectivity index (χ0v) is 25.1. The Hall–Kier alpha value is -1.27. The molecule has 0 unspecified atom stereocenters. The maximum absolute atomic E-state index is 13.3. The lowest BCUT2D eigenvalue weighted by molar-refractivity contribution is -0.116. The van der Waals surface area contributed by atoms with Crippen LogP contribution in [0.15, 0.2) is 28.8 Å². The molecular formula is C30H47BrN2O2S. The number of allylic oxidation sites excluding steroid dienone is 2. The Balaban J connectivity index is 0.00000456. The van der Waals surface area contributed by atoms with Gasteiger partial charge < -0.3 is 10.2 Å². The minimum Gasteiger partial charge on any atom is -0.357 e. The van der Waals surface area contributed by atoms with E-state index in [4.69, 9.17) is 0 Å². The molecule has 0 bridgehead atoms. The molecule has 0 saturated carbocycles. The second-order valence-electron chi connectivity index (χ2n) is 10.2. The van der Waals surface area contributed by atoms with Gasteiger partial charge in [0.05, 0.1) is 12.4 Å². The summed E-state index contributed by atoms with van der Waals surface area (Å²) < 4.78 is 0. The highest BCUT2D eigenvalue weighted by Gasteiger charge is 2.25. The first kappa shape index (κ1) is 31.0. The van der Waals surface area contributed by atoms with E-state index in [0.29, 0.717) is 19.4 Å². The summed E-state index contributed by atoms with van der Waals surface area (Å²) in [5.41, 5.74) is 4.16. The molecule has 2 aliphatic heterocycles. The molecule has 6 heteroatoms. The Bertz CT molecular complexity index is 871. The number of Topliss-reactive ketones (excluding diaryl/α,β-unsaturated/α-hetero) is 1. The van der Waals surface area contributed by atoms with Gasteiger partial charge in [-0.1, -0.05) is 78.1 Å². The summed E-state index contributed by atoms with van der Waals surface area (Å²) in [5, 5.41) is 2.92. The molecule has 0 saturated heterocycles. The summed E-state index contributed by atoms with van der Waals surface area (Å²) >= 11 is 1.96. The van der Waals surface area contributed by atoms with E-state index in [1.807, 2.05) is 30.0 Å². The van der Waals surface area contributed by atoms with Crippen LogP contribution in [0.4, 0.5) is 5.69 Å². The van der Waals surface area contributed by atoms with Gasteiger partial charge in [-0.15, -0.1) is 28.7 Å². The normalized spacial score (nSPS) is 15.1. The number of amides is 1. The van der Waals surface area contributed by atoms with E-state index < -0.39 is 0 Å². The van der Waals surface area contributed by atoms with Crippen LogP contribution < -0.4 is 5.32 Å². The molecule has 1 aromatic rings. The lowest BCUT2D eigenvalue weighted by Gasteiger charge is -2.22. The first-order valence-corrected chi connectivity index (χ1v) is 15.2. The van der Waals surface area contributed by atoms with E-state index in [1.54, 1.807) is 0 Å². The van der Waals surface area contributed by atoms with Gasteiger partial charge in [-0.25, -0.2) is 0 Å². The van der Waals surface area contributed by atoms with Crippen molar-refractivity contribution in [1.29, 1.82) is 0 Å². The molecule has 202 valence electrons. The van der Waals surface area contributed by atoms with Crippen molar-refractivity contribution in [3.05, 3.63) is 39.9 Å². The zero-order valence-electron chi connectivity index (χ0n) is 22.5. The van der Waals surface area contributed by atoms with Gasteiger partial charge in [-0.3, -0.25) is 9.59 Å². The summed E-state index contributed by atoms with van der Waals surface area (Å²) in [5.74, 6) is 1.16. The maximum Gasteiger partial charge on any atom is 0.224 e. The monoisotopic (exact) mass is 578 g/mol. The van der Waals surface area contributed by atoms with Gasteiger partial charge in [0.25, 0.3) is 0 Å². The zero-order chi connectivity index (χ0) is 24.9. The number of unbranched alkanes of at least 4 members (excludes halogenated alkanes) is 10. The van der Waals surface area contributed by atoms with E-state index in [-0.39, 0.29) is 28.7 Å². The fourth-order valence-corrected chi connectivity index (χ4v) is 6.35. The van der Waals surface area contributed by atoms with Crippen molar-refractivity contribution in [2.45, 2.75) is 117 Å². The molecule has 0 spiro atoms. The number of anilines is 1. The molecule has 4 nitrogen and oxygen atoms in total. The van der Waals surface area contributed by atoms with Crippen molar-refractivity contribution >= 4 is 46.1 Å². The van der Waals surface area contributed by atoms with Crippen molar-refractivity contribution in [2.75, 3.05) is 17.7 Å². The number of thioether (sulfide) groups is 1. The van der Waals surface area contributed by atoms with Crippen molar-refractivity contribution in [3.63, 3.8) is 0 Å². The van der Waals surface area contributed by atoms with Gasteiger partial charge in [0, 0.05) is 28.3 Å². The third-order valence-corrected chi connectivity index (χ3v) is 8.51. The smallest absolute Gasteiger partial charge is 0.224 e. The Morgan fingerprint density at radius 1 is 0.889 bits per heavy atom. The SMILES string of the molecule is Br.CCCCCCCCC1=C(CCCCCCCC)N(CC(=O)c2ccc3c(c2)CCC(=O)N3)CS1. The number of ketones is 1. The van der Waals surface area contributed by atoms with E-state index in [1.165, 1.54) is 94.1 Å². The Morgan fingerprint density at radius 2 is 1.53 bits per heavy atom. The standard InChI is InChI=1S/C30H46N2O2S.BrH/c1-3-5-7-9-11-13-15-27-29(16-14-12-10-8-6-4-2)35-23-32(27)22-28(33)25-17-19-26-24(21-25)18-20-30(34)31-26;/h17,19,21H,3-16,18,20,22-23H2,1-2H3,(H,31,34);1H. The molecule has 0 fully saturated rings. The summed E-state index contributed by atoms with van der Waals surface area (Å²) in [7, 11) is 0. The van der Waals surface area contributed by atoms with E-state index in [2.05, 4.69) is 24.1 Å². The minimum atomic E-state index is 0. The van der Waals surface area contributed by atoms with Crippen LogP contribution in [0.3, 0.4) is 0 Å². The number of nitrogens with one attached hydrogen (secondary N) is 1. The third kappa shape index (κ3) is 9.89. The Morgan fingerprint density at radius 3 is 2.22 bits per heavy atom. The molecule has 2 heterocycles. The van der Waals surface area contributed by atoms with Gasteiger partial charge in [-0.2, -0.15) is 0 Å². The number of hydrogen-bond donors (Lipinski definition) is 1. The van der Waals surface area contributed by atoms with Crippen LogP contribution >= 0.6 is 28.7 Å². The first-order chi connectivity index (χ1) is 17.1. The highest BCUT2D eigenvalue weighted by Crippen LogP contribution is 2.38. The third-order valence-electron chi connectivity index (χ3n) is 7.28. The maximum atomic E-state index is 13.3. The molecule has 1 amide bonds. The molecule has 0 radical (unpaired) electrons. The van der Waals surface area contributed by atoms with Crippen LogP contribution in [0.25, 0.3) is 0 Å². The molecule has 1 N–H and O–H groups in total. The average molecular weight is 580 g/mol. The van der Waals surface area contributed by atoms with Gasteiger partial charge in [0.15, 0.2) is 5.78 Å². The highest BCUT2D eigenvalue weighted by atomic mass is 79.9. The number of benzene rings is 1. The number of fused-ring (bicyclic) bond motifs is 1. The Labute approximate surface area is 234 Å². The summed E-state index contributed by atoms with van der Waals surface area (Å²) in [4.78, 5) is 28.8. The van der Waals surface area contributed by atoms with E-state index in [9.17, 15) is 9.59 Å². The summed E-state index contributed by atoms with van der Waals surface area (Å²) in [6.45, 7) is 5.00. The number of carbonyl (C=O) groups excluding carboxylic acids is 2. The lowest BCUT2D eigenvalue weighted by Crippen LogP contribution is -2.27.